The standard InChI is InChI=1S/C14H20FN3O/c1-9(16)10-4-5-13(12(15)7-10)18-6-2-3-11(8-18)14(17)19/h4-5,7,9,11H,2-3,6,8,16H2,1H3,(H2,17,19)/t9-,11?/m0/s1. The summed E-state index contributed by atoms with van der Waals surface area (Å²) in [5.41, 5.74) is 12.4. The molecule has 1 aliphatic rings. The van der Waals surface area contributed by atoms with Crippen LogP contribution in [0.5, 0.6) is 0 Å². The van der Waals surface area contributed by atoms with Crippen LogP contribution >= 0.6 is 0 Å². The number of anilines is 1. The second-order valence-electron chi connectivity index (χ2n) is 5.19. The molecule has 0 radical (unpaired) electrons. The van der Waals surface area contributed by atoms with Crippen molar-refractivity contribution in [3.8, 4) is 0 Å². The molecule has 1 aliphatic heterocycles. The van der Waals surface area contributed by atoms with Gasteiger partial charge in [-0.2, -0.15) is 0 Å². The molecule has 2 atom stereocenters. The minimum absolute atomic E-state index is 0.191. The lowest BCUT2D eigenvalue weighted by atomic mass is 9.96. The zero-order valence-corrected chi connectivity index (χ0v) is 11.1. The Hall–Kier alpha value is -1.62. The number of halogens is 1. The van der Waals surface area contributed by atoms with Gasteiger partial charge in [0.1, 0.15) is 5.82 Å². The van der Waals surface area contributed by atoms with E-state index in [0.717, 1.165) is 24.9 Å². The fraction of sp³-hybridized carbons (Fsp3) is 0.500. The van der Waals surface area contributed by atoms with E-state index in [1.54, 1.807) is 6.07 Å². The monoisotopic (exact) mass is 265 g/mol. The van der Waals surface area contributed by atoms with Gasteiger partial charge in [-0.1, -0.05) is 6.07 Å². The van der Waals surface area contributed by atoms with E-state index >= 15 is 0 Å². The summed E-state index contributed by atoms with van der Waals surface area (Å²) < 4.78 is 14.1. The Labute approximate surface area is 112 Å². The maximum Gasteiger partial charge on any atom is 0.222 e. The zero-order valence-electron chi connectivity index (χ0n) is 11.1. The number of amides is 1. The van der Waals surface area contributed by atoms with Crippen molar-refractivity contribution in [1.29, 1.82) is 0 Å². The molecule has 1 saturated heterocycles. The first-order chi connectivity index (χ1) is 8.99. The highest BCUT2D eigenvalue weighted by Gasteiger charge is 2.25. The molecular formula is C14H20FN3O. The molecule has 0 aromatic heterocycles. The number of hydrogen-bond donors (Lipinski definition) is 2. The molecule has 0 saturated carbocycles. The predicted octanol–water partition coefficient (Wildman–Crippen LogP) is 1.55. The van der Waals surface area contributed by atoms with E-state index in [2.05, 4.69) is 0 Å². The Morgan fingerprint density at radius 3 is 2.84 bits per heavy atom. The third kappa shape index (κ3) is 3.04. The quantitative estimate of drug-likeness (QED) is 0.871. The minimum atomic E-state index is -0.308. The van der Waals surface area contributed by atoms with Crippen LogP contribution in [0.2, 0.25) is 0 Å². The van der Waals surface area contributed by atoms with Crippen molar-refractivity contribution in [2.24, 2.45) is 17.4 Å². The third-order valence-electron chi connectivity index (χ3n) is 3.66. The first kappa shape index (κ1) is 13.8. The molecule has 19 heavy (non-hydrogen) atoms. The maximum absolute atomic E-state index is 14.1. The molecule has 5 heteroatoms. The van der Waals surface area contributed by atoms with Gasteiger partial charge in [-0.05, 0) is 37.5 Å². The Bertz CT molecular complexity index is 476. The van der Waals surface area contributed by atoms with Crippen molar-refractivity contribution in [1.82, 2.24) is 0 Å². The van der Waals surface area contributed by atoms with Gasteiger partial charge in [-0.15, -0.1) is 0 Å². The normalized spacial score (nSPS) is 21.2. The van der Waals surface area contributed by atoms with Gasteiger partial charge in [-0.25, -0.2) is 4.39 Å². The van der Waals surface area contributed by atoms with Crippen molar-refractivity contribution >= 4 is 11.6 Å². The average Bonchev–Trinajstić information content (AvgIpc) is 2.38. The van der Waals surface area contributed by atoms with E-state index < -0.39 is 0 Å². The summed E-state index contributed by atoms with van der Waals surface area (Å²) in [6, 6.07) is 4.84. The van der Waals surface area contributed by atoms with Gasteiger partial charge in [0, 0.05) is 19.1 Å². The summed E-state index contributed by atoms with van der Waals surface area (Å²) in [6.45, 7) is 3.06. The average molecular weight is 265 g/mol. The summed E-state index contributed by atoms with van der Waals surface area (Å²) in [5, 5.41) is 0. The van der Waals surface area contributed by atoms with E-state index in [0.29, 0.717) is 12.2 Å². The summed E-state index contributed by atoms with van der Waals surface area (Å²) >= 11 is 0. The smallest absolute Gasteiger partial charge is 0.222 e. The van der Waals surface area contributed by atoms with E-state index in [4.69, 9.17) is 11.5 Å². The lowest BCUT2D eigenvalue weighted by Gasteiger charge is -2.33. The molecular weight excluding hydrogens is 245 g/mol. The number of benzene rings is 1. The minimum Gasteiger partial charge on any atom is -0.369 e. The number of rotatable bonds is 3. The molecule has 1 unspecified atom stereocenters. The molecule has 4 N–H and O–H groups in total. The first-order valence-corrected chi connectivity index (χ1v) is 6.58. The largest absolute Gasteiger partial charge is 0.369 e. The Balaban J connectivity index is 2.19. The van der Waals surface area contributed by atoms with Gasteiger partial charge in [0.2, 0.25) is 5.91 Å². The number of carbonyl (C=O) groups excluding carboxylic acids is 1. The number of piperidine rings is 1. The molecule has 4 nitrogen and oxygen atoms in total. The summed E-state index contributed by atoms with van der Waals surface area (Å²) in [6.07, 6.45) is 1.63. The van der Waals surface area contributed by atoms with Gasteiger partial charge >= 0.3 is 0 Å². The van der Waals surface area contributed by atoms with Crippen molar-refractivity contribution < 1.29 is 9.18 Å². The van der Waals surface area contributed by atoms with Gasteiger partial charge in [0.05, 0.1) is 11.6 Å². The van der Waals surface area contributed by atoms with Crippen LogP contribution in [0.3, 0.4) is 0 Å². The molecule has 0 aliphatic carbocycles. The van der Waals surface area contributed by atoms with Crippen LogP contribution in [0.4, 0.5) is 10.1 Å². The molecule has 1 fully saturated rings. The van der Waals surface area contributed by atoms with Crippen LogP contribution in [0.1, 0.15) is 31.4 Å². The SMILES string of the molecule is C[C@H](N)c1ccc(N2CCCC(C(N)=O)C2)c(F)c1. The van der Waals surface area contributed by atoms with Crippen molar-refractivity contribution in [2.45, 2.75) is 25.8 Å². The van der Waals surface area contributed by atoms with E-state index in [-0.39, 0.29) is 23.7 Å². The highest BCUT2D eigenvalue weighted by molar-refractivity contribution is 5.77. The van der Waals surface area contributed by atoms with E-state index in [9.17, 15) is 9.18 Å². The fourth-order valence-electron chi connectivity index (χ4n) is 2.49. The van der Waals surface area contributed by atoms with Gasteiger partial charge in [0.25, 0.3) is 0 Å². The van der Waals surface area contributed by atoms with Crippen LogP contribution in [0.15, 0.2) is 18.2 Å². The first-order valence-electron chi connectivity index (χ1n) is 6.58. The van der Waals surface area contributed by atoms with Crippen molar-refractivity contribution in [3.05, 3.63) is 29.6 Å². The van der Waals surface area contributed by atoms with Crippen molar-refractivity contribution in [3.63, 3.8) is 0 Å². The van der Waals surface area contributed by atoms with Crippen LogP contribution in [0, 0.1) is 11.7 Å². The Kier molecular flexibility index (Phi) is 4.04. The number of nitrogens with two attached hydrogens (primary N) is 2. The van der Waals surface area contributed by atoms with Crippen molar-refractivity contribution in [2.75, 3.05) is 18.0 Å². The number of nitrogens with zero attached hydrogens (tertiary/aromatic N) is 1. The number of carbonyl (C=O) groups is 1. The maximum atomic E-state index is 14.1. The Morgan fingerprint density at radius 2 is 2.26 bits per heavy atom. The number of hydrogen-bond acceptors (Lipinski definition) is 3. The lowest BCUT2D eigenvalue weighted by Crippen LogP contribution is -2.41. The van der Waals surface area contributed by atoms with Crippen LogP contribution < -0.4 is 16.4 Å². The summed E-state index contributed by atoms with van der Waals surface area (Å²) in [7, 11) is 0. The van der Waals surface area contributed by atoms with Gasteiger partial charge < -0.3 is 16.4 Å². The lowest BCUT2D eigenvalue weighted by molar-refractivity contribution is -0.122. The second kappa shape index (κ2) is 5.57. The summed E-state index contributed by atoms with van der Waals surface area (Å²) in [4.78, 5) is 13.1. The van der Waals surface area contributed by atoms with Crippen LogP contribution in [-0.4, -0.2) is 19.0 Å². The van der Waals surface area contributed by atoms with Gasteiger partial charge in [0.15, 0.2) is 0 Å². The van der Waals surface area contributed by atoms with Crippen LogP contribution in [0.25, 0.3) is 0 Å². The zero-order chi connectivity index (χ0) is 14.0. The van der Waals surface area contributed by atoms with Gasteiger partial charge in [-0.3, -0.25) is 4.79 Å². The molecule has 1 aromatic carbocycles. The Morgan fingerprint density at radius 1 is 1.53 bits per heavy atom. The highest BCUT2D eigenvalue weighted by Crippen LogP contribution is 2.27. The second-order valence-corrected chi connectivity index (χ2v) is 5.19. The molecule has 1 heterocycles. The van der Waals surface area contributed by atoms with E-state index in [1.165, 1.54) is 6.07 Å². The topological polar surface area (TPSA) is 72.3 Å². The molecule has 0 bridgehead atoms. The fourth-order valence-corrected chi connectivity index (χ4v) is 2.49. The molecule has 104 valence electrons. The number of primary amides is 1. The molecule has 0 spiro atoms. The van der Waals surface area contributed by atoms with Crippen LogP contribution in [-0.2, 0) is 4.79 Å². The molecule has 1 amide bonds. The molecule has 2 rings (SSSR count). The predicted molar refractivity (Wildman–Crippen MR) is 73.1 cm³/mol. The van der Waals surface area contributed by atoms with E-state index in [1.807, 2.05) is 17.9 Å². The third-order valence-corrected chi connectivity index (χ3v) is 3.66. The summed E-state index contributed by atoms with van der Waals surface area (Å²) in [5.74, 6) is -0.793. The highest BCUT2D eigenvalue weighted by atomic mass is 19.1. The molecule has 1 aromatic rings.